The molecule has 1 aliphatic heterocycles. The molecule has 1 saturated carbocycles. The van der Waals surface area contributed by atoms with Crippen LogP contribution in [0.3, 0.4) is 0 Å². The lowest BCUT2D eigenvalue weighted by atomic mass is 9.80. The lowest BCUT2D eigenvalue weighted by Crippen LogP contribution is -2.52. The van der Waals surface area contributed by atoms with Gasteiger partial charge in [0.1, 0.15) is 0 Å². The SMILES string of the molecule is CC(CC1CCC1)N1CC(CC(=O)O)C1. The van der Waals surface area contributed by atoms with Gasteiger partial charge in [-0.05, 0) is 25.2 Å². The number of hydrogen-bond acceptors (Lipinski definition) is 2. The highest BCUT2D eigenvalue weighted by Crippen LogP contribution is 2.33. The van der Waals surface area contributed by atoms with Gasteiger partial charge in [-0.2, -0.15) is 0 Å². The van der Waals surface area contributed by atoms with E-state index in [1.807, 2.05) is 0 Å². The van der Waals surface area contributed by atoms with Crippen LogP contribution >= 0.6 is 0 Å². The molecule has 0 bridgehead atoms. The molecule has 1 unspecified atom stereocenters. The highest BCUT2D eigenvalue weighted by atomic mass is 16.4. The van der Waals surface area contributed by atoms with Gasteiger partial charge in [-0.25, -0.2) is 0 Å². The summed E-state index contributed by atoms with van der Waals surface area (Å²) in [6.07, 6.45) is 5.92. The van der Waals surface area contributed by atoms with Crippen molar-refractivity contribution in [2.24, 2.45) is 11.8 Å². The van der Waals surface area contributed by atoms with E-state index in [1.165, 1.54) is 25.7 Å². The fourth-order valence-electron chi connectivity index (χ4n) is 2.71. The first-order valence-electron chi connectivity index (χ1n) is 6.11. The number of carbonyl (C=O) groups is 1. The Morgan fingerprint density at radius 3 is 2.53 bits per heavy atom. The Hall–Kier alpha value is -0.570. The summed E-state index contributed by atoms with van der Waals surface area (Å²) in [5.41, 5.74) is 0. The highest BCUT2D eigenvalue weighted by molar-refractivity contribution is 5.67. The van der Waals surface area contributed by atoms with Crippen molar-refractivity contribution in [2.45, 2.75) is 45.1 Å². The minimum absolute atomic E-state index is 0.354. The fourth-order valence-corrected chi connectivity index (χ4v) is 2.71. The Morgan fingerprint density at radius 2 is 2.07 bits per heavy atom. The van der Waals surface area contributed by atoms with Crippen LogP contribution in [0.5, 0.6) is 0 Å². The van der Waals surface area contributed by atoms with E-state index >= 15 is 0 Å². The monoisotopic (exact) mass is 211 g/mol. The number of carboxylic acid groups (broad SMARTS) is 1. The summed E-state index contributed by atoms with van der Waals surface area (Å²) in [5, 5.41) is 8.65. The quantitative estimate of drug-likeness (QED) is 0.756. The van der Waals surface area contributed by atoms with Gasteiger partial charge in [0.05, 0.1) is 6.42 Å². The van der Waals surface area contributed by atoms with Crippen LogP contribution in [0, 0.1) is 11.8 Å². The lowest BCUT2D eigenvalue weighted by molar-refractivity contribution is -0.139. The van der Waals surface area contributed by atoms with Crippen molar-refractivity contribution in [3.63, 3.8) is 0 Å². The topological polar surface area (TPSA) is 40.5 Å². The number of hydrogen-bond donors (Lipinski definition) is 1. The average molecular weight is 211 g/mol. The van der Waals surface area contributed by atoms with Gasteiger partial charge in [0, 0.05) is 19.1 Å². The van der Waals surface area contributed by atoms with Crippen LogP contribution in [0.15, 0.2) is 0 Å². The van der Waals surface area contributed by atoms with E-state index < -0.39 is 5.97 Å². The number of nitrogens with zero attached hydrogens (tertiary/aromatic N) is 1. The number of likely N-dealkylation sites (tertiary alicyclic amines) is 1. The molecule has 15 heavy (non-hydrogen) atoms. The molecule has 1 saturated heterocycles. The second-order valence-corrected chi connectivity index (χ2v) is 5.30. The second-order valence-electron chi connectivity index (χ2n) is 5.30. The molecule has 0 radical (unpaired) electrons. The molecule has 2 aliphatic rings. The predicted molar refractivity (Wildman–Crippen MR) is 58.7 cm³/mol. The molecule has 0 aromatic heterocycles. The Morgan fingerprint density at radius 1 is 1.40 bits per heavy atom. The summed E-state index contributed by atoms with van der Waals surface area (Å²) in [6.45, 7) is 4.29. The zero-order chi connectivity index (χ0) is 10.8. The maximum atomic E-state index is 10.5. The maximum absolute atomic E-state index is 10.5. The zero-order valence-corrected chi connectivity index (χ0v) is 9.48. The molecule has 1 atom stereocenters. The zero-order valence-electron chi connectivity index (χ0n) is 9.48. The lowest BCUT2D eigenvalue weighted by Gasteiger charge is -2.44. The molecule has 0 spiro atoms. The van der Waals surface area contributed by atoms with Gasteiger partial charge in [0.25, 0.3) is 0 Å². The van der Waals surface area contributed by atoms with Crippen molar-refractivity contribution in [1.29, 1.82) is 0 Å². The van der Waals surface area contributed by atoms with Crippen molar-refractivity contribution in [3.05, 3.63) is 0 Å². The van der Waals surface area contributed by atoms with Gasteiger partial charge in [0.15, 0.2) is 0 Å². The molecule has 2 fully saturated rings. The van der Waals surface area contributed by atoms with Gasteiger partial charge in [0.2, 0.25) is 0 Å². The van der Waals surface area contributed by atoms with E-state index in [-0.39, 0.29) is 0 Å². The number of carboxylic acids is 1. The Labute approximate surface area is 91.5 Å². The molecule has 86 valence electrons. The van der Waals surface area contributed by atoms with E-state index in [9.17, 15) is 4.79 Å². The van der Waals surface area contributed by atoms with Crippen molar-refractivity contribution in [3.8, 4) is 0 Å². The summed E-state index contributed by atoms with van der Waals surface area (Å²) in [4.78, 5) is 12.9. The van der Waals surface area contributed by atoms with Crippen LogP contribution in [-0.4, -0.2) is 35.1 Å². The number of aliphatic carboxylic acids is 1. The summed E-state index contributed by atoms with van der Waals surface area (Å²) >= 11 is 0. The average Bonchev–Trinajstić information content (AvgIpc) is 2.02. The van der Waals surface area contributed by atoms with E-state index in [0.29, 0.717) is 18.4 Å². The first kappa shape index (κ1) is 10.9. The minimum Gasteiger partial charge on any atom is -0.481 e. The summed E-state index contributed by atoms with van der Waals surface area (Å²) < 4.78 is 0. The van der Waals surface area contributed by atoms with E-state index in [4.69, 9.17) is 5.11 Å². The van der Waals surface area contributed by atoms with E-state index in [0.717, 1.165) is 19.0 Å². The Balaban J connectivity index is 1.62. The molecular weight excluding hydrogens is 190 g/mol. The van der Waals surface area contributed by atoms with Crippen molar-refractivity contribution < 1.29 is 9.90 Å². The molecule has 0 aromatic carbocycles. The third kappa shape index (κ3) is 2.71. The van der Waals surface area contributed by atoms with Crippen LogP contribution in [0.4, 0.5) is 0 Å². The molecule has 3 nitrogen and oxygen atoms in total. The largest absolute Gasteiger partial charge is 0.481 e. The third-order valence-electron chi connectivity index (χ3n) is 3.97. The number of rotatable bonds is 5. The molecule has 0 aromatic rings. The Kier molecular flexibility index (Phi) is 3.29. The summed E-state index contributed by atoms with van der Waals surface area (Å²) in [6, 6.07) is 0.667. The molecule has 1 heterocycles. The van der Waals surface area contributed by atoms with Gasteiger partial charge in [-0.1, -0.05) is 19.3 Å². The summed E-state index contributed by atoms with van der Waals surface area (Å²) in [7, 11) is 0. The van der Waals surface area contributed by atoms with Crippen LogP contribution in [0.1, 0.15) is 39.0 Å². The van der Waals surface area contributed by atoms with Gasteiger partial charge in [-0.3, -0.25) is 9.69 Å². The van der Waals surface area contributed by atoms with Gasteiger partial charge in [-0.15, -0.1) is 0 Å². The Bertz CT molecular complexity index is 232. The summed E-state index contributed by atoms with van der Waals surface area (Å²) in [5.74, 6) is 0.719. The van der Waals surface area contributed by atoms with Crippen LogP contribution in [0.25, 0.3) is 0 Å². The smallest absolute Gasteiger partial charge is 0.303 e. The second kappa shape index (κ2) is 4.52. The molecule has 1 N–H and O–H groups in total. The standard InChI is InChI=1S/C12H21NO2/c1-9(5-10-3-2-4-10)13-7-11(8-13)6-12(14)15/h9-11H,2-8H2,1H3,(H,14,15). The molecular formula is C12H21NO2. The van der Waals surface area contributed by atoms with Crippen LogP contribution < -0.4 is 0 Å². The van der Waals surface area contributed by atoms with Crippen molar-refractivity contribution in [1.82, 2.24) is 4.90 Å². The molecule has 1 aliphatic carbocycles. The van der Waals surface area contributed by atoms with E-state index in [2.05, 4.69) is 11.8 Å². The molecule has 3 heteroatoms. The van der Waals surface area contributed by atoms with Crippen LogP contribution in [-0.2, 0) is 4.79 Å². The van der Waals surface area contributed by atoms with Gasteiger partial charge >= 0.3 is 5.97 Å². The molecule has 0 amide bonds. The van der Waals surface area contributed by atoms with Crippen molar-refractivity contribution in [2.75, 3.05) is 13.1 Å². The minimum atomic E-state index is -0.647. The predicted octanol–water partition coefficient (Wildman–Crippen LogP) is 1.97. The van der Waals surface area contributed by atoms with Crippen LogP contribution in [0.2, 0.25) is 0 Å². The molecule has 2 rings (SSSR count). The van der Waals surface area contributed by atoms with E-state index in [1.54, 1.807) is 0 Å². The first-order valence-corrected chi connectivity index (χ1v) is 6.11. The van der Waals surface area contributed by atoms with Crippen molar-refractivity contribution >= 4 is 5.97 Å². The highest BCUT2D eigenvalue weighted by Gasteiger charge is 2.33. The fraction of sp³-hybridized carbons (Fsp3) is 0.917. The first-order chi connectivity index (χ1) is 7.15. The normalized spacial score (nSPS) is 25.7. The van der Waals surface area contributed by atoms with Gasteiger partial charge < -0.3 is 5.11 Å². The third-order valence-corrected chi connectivity index (χ3v) is 3.97. The maximum Gasteiger partial charge on any atom is 0.303 e.